The Morgan fingerprint density at radius 3 is 2.71 bits per heavy atom. The van der Waals surface area contributed by atoms with E-state index in [1.807, 2.05) is 42.5 Å². The number of carbonyl (C=O) groups is 2. The van der Waals surface area contributed by atoms with Crippen LogP contribution in [-0.4, -0.2) is 23.6 Å². The number of para-hydroxylation sites is 1. The second kappa shape index (κ2) is 7.53. The van der Waals surface area contributed by atoms with Gasteiger partial charge in [-0.1, -0.05) is 43.3 Å². The third-order valence-corrected chi connectivity index (χ3v) is 5.07. The van der Waals surface area contributed by atoms with E-state index in [2.05, 4.69) is 29.7 Å². The molecule has 2 aromatic carbocycles. The minimum atomic E-state index is -0.413. The highest BCUT2D eigenvalue weighted by Gasteiger charge is 2.30. The topological polar surface area (TPSA) is 58.2 Å². The van der Waals surface area contributed by atoms with Crippen LogP contribution in [0.25, 0.3) is 0 Å². The Morgan fingerprint density at radius 1 is 1.21 bits per heavy atom. The molecule has 0 bridgehead atoms. The van der Waals surface area contributed by atoms with E-state index < -0.39 is 5.92 Å². The van der Waals surface area contributed by atoms with Crippen molar-refractivity contribution in [2.75, 3.05) is 11.9 Å². The number of benzene rings is 2. The number of rotatable bonds is 5. The van der Waals surface area contributed by atoms with Crippen LogP contribution in [0.4, 0.5) is 5.69 Å². The third kappa shape index (κ3) is 3.97. The second-order valence-electron chi connectivity index (χ2n) is 5.88. The van der Waals surface area contributed by atoms with Gasteiger partial charge in [0.25, 0.3) is 0 Å². The predicted octanol–water partition coefficient (Wildman–Crippen LogP) is 3.41. The quantitative estimate of drug-likeness (QED) is 0.820. The van der Waals surface area contributed by atoms with Crippen molar-refractivity contribution in [3.8, 4) is 0 Å². The summed E-state index contributed by atoms with van der Waals surface area (Å²) >= 11 is 1.72. The maximum absolute atomic E-state index is 12.6. The second-order valence-corrected chi connectivity index (χ2v) is 7.39. The lowest BCUT2D eigenvalue weighted by Gasteiger charge is -2.25. The van der Waals surface area contributed by atoms with Crippen LogP contribution in [0.5, 0.6) is 0 Å². The molecule has 2 atom stereocenters. The predicted molar refractivity (Wildman–Crippen MR) is 97.2 cm³/mol. The van der Waals surface area contributed by atoms with Gasteiger partial charge < -0.3 is 10.6 Å². The molecule has 3 rings (SSSR count). The molecule has 2 N–H and O–H groups in total. The summed E-state index contributed by atoms with van der Waals surface area (Å²) in [5, 5.41) is 6.07. The standard InChI is InChI=1S/C19H20N2O2S/c1-13(24-14-7-3-2-4-8-14)12-20-19(23)16-11-18(22)21-17-10-6-5-9-15(16)17/h2-10,13,16H,11-12H2,1H3,(H,20,23)(H,21,22)/t13-,16+/m0/s1. The van der Waals surface area contributed by atoms with Crippen LogP contribution in [0.2, 0.25) is 0 Å². The summed E-state index contributed by atoms with van der Waals surface area (Å²) in [5.74, 6) is -0.609. The Bertz CT molecular complexity index is 733. The normalized spacial score (nSPS) is 17.5. The van der Waals surface area contributed by atoms with E-state index in [9.17, 15) is 9.59 Å². The van der Waals surface area contributed by atoms with Crippen molar-refractivity contribution in [1.82, 2.24) is 5.32 Å². The van der Waals surface area contributed by atoms with Gasteiger partial charge in [-0.2, -0.15) is 0 Å². The van der Waals surface area contributed by atoms with E-state index in [1.165, 1.54) is 4.90 Å². The van der Waals surface area contributed by atoms with Gasteiger partial charge in [-0.05, 0) is 23.8 Å². The Balaban J connectivity index is 1.60. The molecule has 24 heavy (non-hydrogen) atoms. The van der Waals surface area contributed by atoms with Crippen LogP contribution in [-0.2, 0) is 9.59 Å². The zero-order chi connectivity index (χ0) is 16.9. The number of amides is 2. The van der Waals surface area contributed by atoms with Crippen molar-refractivity contribution in [3.05, 3.63) is 60.2 Å². The summed E-state index contributed by atoms with van der Waals surface area (Å²) in [5.41, 5.74) is 1.62. The summed E-state index contributed by atoms with van der Waals surface area (Å²) in [7, 11) is 0. The first-order chi connectivity index (χ1) is 11.6. The van der Waals surface area contributed by atoms with E-state index in [1.54, 1.807) is 11.8 Å². The van der Waals surface area contributed by atoms with Crippen LogP contribution in [0, 0.1) is 0 Å². The number of anilines is 1. The van der Waals surface area contributed by atoms with Crippen molar-refractivity contribution >= 4 is 29.3 Å². The number of thioether (sulfide) groups is 1. The first kappa shape index (κ1) is 16.6. The fourth-order valence-corrected chi connectivity index (χ4v) is 3.73. The van der Waals surface area contributed by atoms with Crippen LogP contribution in [0.1, 0.15) is 24.8 Å². The summed E-state index contributed by atoms with van der Waals surface area (Å²) in [4.78, 5) is 25.6. The van der Waals surface area contributed by atoms with Crippen LogP contribution in [0.15, 0.2) is 59.5 Å². The molecular formula is C19H20N2O2S. The molecule has 0 aliphatic carbocycles. The number of carbonyl (C=O) groups excluding carboxylic acids is 2. The first-order valence-corrected chi connectivity index (χ1v) is 8.89. The van der Waals surface area contributed by atoms with Crippen molar-refractivity contribution < 1.29 is 9.59 Å². The van der Waals surface area contributed by atoms with Gasteiger partial charge in [0, 0.05) is 28.8 Å². The molecule has 2 amide bonds. The number of nitrogens with one attached hydrogen (secondary N) is 2. The molecule has 0 saturated heterocycles. The summed E-state index contributed by atoms with van der Waals surface area (Å²) < 4.78 is 0. The fourth-order valence-electron chi connectivity index (χ4n) is 2.79. The number of fused-ring (bicyclic) bond motifs is 1. The van der Waals surface area contributed by atoms with E-state index >= 15 is 0 Å². The number of hydrogen-bond acceptors (Lipinski definition) is 3. The van der Waals surface area contributed by atoms with E-state index in [4.69, 9.17) is 0 Å². The molecule has 0 radical (unpaired) electrons. The lowest BCUT2D eigenvalue weighted by atomic mass is 9.90. The molecule has 124 valence electrons. The Kier molecular flexibility index (Phi) is 5.20. The van der Waals surface area contributed by atoms with Gasteiger partial charge >= 0.3 is 0 Å². The molecule has 0 unspecified atom stereocenters. The fraction of sp³-hybridized carbons (Fsp3) is 0.263. The SMILES string of the molecule is C[C@@H](CNC(=O)[C@@H]1CC(=O)Nc2ccccc21)Sc1ccccc1. The van der Waals surface area contributed by atoms with Crippen molar-refractivity contribution in [1.29, 1.82) is 0 Å². The molecule has 4 nitrogen and oxygen atoms in total. The highest BCUT2D eigenvalue weighted by molar-refractivity contribution is 8.00. The third-order valence-electron chi connectivity index (χ3n) is 3.96. The molecule has 2 aromatic rings. The summed E-state index contributed by atoms with van der Waals surface area (Å²) in [6.07, 6.45) is 0.197. The minimum absolute atomic E-state index is 0.0854. The zero-order valence-electron chi connectivity index (χ0n) is 13.5. The molecule has 1 aliphatic heterocycles. The largest absolute Gasteiger partial charge is 0.354 e. The minimum Gasteiger partial charge on any atom is -0.354 e. The summed E-state index contributed by atoms with van der Waals surface area (Å²) in [6, 6.07) is 17.6. The Labute approximate surface area is 146 Å². The average molecular weight is 340 g/mol. The van der Waals surface area contributed by atoms with Crippen LogP contribution in [0.3, 0.4) is 0 Å². The van der Waals surface area contributed by atoms with Gasteiger partial charge in [-0.15, -0.1) is 11.8 Å². The highest BCUT2D eigenvalue weighted by atomic mass is 32.2. The van der Waals surface area contributed by atoms with Crippen molar-refractivity contribution in [3.63, 3.8) is 0 Å². The Morgan fingerprint density at radius 2 is 1.92 bits per heavy atom. The molecule has 0 spiro atoms. The van der Waals surface area contributed by atoms with Crippen molar-refractivity contribution in [2.24, 2.45) is 0 Å². The first-order valence-electron chi connectivity index (χ1n) is 8.01. The lowest BCUT2D eigenvalue weighted by molar-refractivity contribution is -0.126. The molecule has 1 aliphatic rings. The molecule has 1 heterocycles. The molecule has 5 heteroatoms. The average Bonchev–Trinajstić information content (AvgIpc) is 2.59. The Hall–Kier alpha value is -2.27. The van der Waals surface area contributed by atoms with Crippen LogP contribution < -0.4 is 10.6 Å². The molecule has 0 fully saturated rings. The van der Waals surface area contributed by atoms with Crippen molar-refractivity contribution in [2.45, 2.75) is 29.4 Å². The molecule has 0 saturated carbocycles. The lowest BCUT2D eigenvalue weighted by Crippen LogP contribution is -2.37. The summed E-state index contributed by atoms with van der Waals surface area (Å²) in [6.45, 7) is 2.65. The van der Waals surface area contributed by atoms with Gasteiger partial charge in [0.1, 0.15) is 0 Å². The molecule has 0 aromatic heterocycles. The maximum Gasteiger partial charge on any atom is 0.228 e. The number of hydrogen-bond donors (Lipinski definition) is 2. The van der Waals surface area contributed by atoms with E-state index in [0.717, 1.165) is 11.3 Å². The molecular weight excluding hydrogens is 320 g/mol. The van der Waals surface area contributed by atoms with E-state index in [0.29, 0.717) is 6.54 Å². The highest BCUT2D eigenvalue weighted by Crippen LogP contribution is 2.32. The van der Waals surface area contributed by atoms with Gasteiger partial charge in [0.05, 0.1) is 5.92 Å². The zero-order valence-corrected chi connectivity index (χ0v) is 14.3. The van der Waals surface area contributed by atoms with Gasteiger partial charge in [0.2, 0.25) is 11.8 Å². The van der Waals surface area contributed by atoms with Gasteiger partial charge in [-0.25, -0.2) is 0 Å². The van der Waals surface area contributed by atoms with Crippen LogP contribution >= 0.6 is 11.8 Å². The maximum atomic E-state index is 12.6. The van der Waals surface area contributed by atoms with Gasteiger partial charge in [-0.3, -0.25) is 9.59 Å². The van der Waals surface area contributed by atoms with E-state index in [-0.39, 0.29) is 23.5 Å². The van der Waals surface area contributed by atoms with Gasteiger partial charge in [0.15, 0.2) is 0 Å². The monoisotopic (exact) mass is 340 g/mol. The smallest absolute Gasteiger partial charge is 0.228 e.